The van der Waals surface area contributed by atoms with E-state index in [1.807, 2.05) is 12.1 Å². The minimum absolute atomic E-state index is 0.123. The van der Waals surface area contributed by atoms with E-state index in [-0.39, 0.29) is 6.10 Å². The van der Waals surface area contributed by atoms with Gasteiger partial charge in [-0.25, -0.2) is 0 Å². The molecule has 0 aliphatic rings. The number of hydrogen-bond donors (Lipinski definition) is 1. The average molecular weight is 313 g/mol. The molecule has 1 atom stereocenters. The molecule has 1 N–H and O–H groups in total. The molecule has 1 unspecified atom stereocenters. The van der Waals surface area contributed by atoms with E-state index in [2.05, 4.69) is 62.5 Å². The molecule has 0 aromatic heterocycles. The Bertz CT molecular complexity index is 576. The Hall–Kier alpha value is -2.00. The molecule has 0 spiro atoms. The highest BCUT2D eigenvalue weighted by Crippen LogP contribution is 2.19. The van der Waals surface area contributed by atoms with Gasteiger partial charge in [0.15, 0.2) is 0 Å². The third-order valence-electron chi connectivity index (χ3n) is 3.80. The Kier molecular flexibility index (Phi) is 6.48. The highest BCUT2D eigenvalue weighted by molar-refractivity contribution is 5.29. The Balaban J connectivity index is 1.74. The molecule has 0 aliphatic heterocycles. The minimum atomic E-state index is 0.123. The van der Waals surface area contributed by atoms with Gasteiger partial charge in [0.1, 0.15) is 17.6 Å². The van der Waals surface area contributed by atoms with E-state index in [1.165, 1.54) is 11.1 Å². The third kappa shape index (κ3) is 5.61. The molecule has 0 fully saturated rings. The quantitative estimate of drug-likeness (QED) is 0.784. The summed E-state index contributed by atoms with van der Waals surface area (Å²) in [7, 11) is 1.68. The Morgan fingerprint density at radius 1 is 0.870 bits per heavy atom. The predicted octanol–water partition coefficient (Wildman–Crippen LogP) is 4.38. The zero-order chi connectivity index (χ0) is 16.7. The van der Waals surface area contributed by atoms with Crippen LogP contribution in [0.15, 0.2) is 48.5 Å². The molecular formula is C20H27NO2. The molecule has 0 bridgehead atoms. The van der Waals surface area contributed by atoms with Crippen molar-refractivity contribution in [3.8, 4) is 11.5 Å². The summed E-state index contributed by atoms with van der Waals surface area (Å²) in [5.41, 5.74) is 2.57. The van der Waals surface area contributed by atoms with E-state index in [9.17, 15) is 0 Å². The van der Waals surface area contributed by atoms with Crippen LogP contribution in [0.4, 0.5) is 0 Å². The van der Waals surface area contributed by atoms with Gasteiger partial charge >= 0.3 is 0 Å². The number of hydrogen-bond acceptors (Lipinski definition) is 3. The molecule has 0 aliphatic carbocycles. The molecule has 3 nitrogen and oxygen atoms in total. The second-order valence-corrected chi connectivity index (χ2v) is 6.13. The molecule has 0 heterocycles. The number of benzene rings is 2. The summed E-state index contributed by atoms with van der Waals surface area (Å²) in [6, 6.07) is 16.5. The van der Waals surface area contributed by atoms with Crippen molar-refractivity contribution in [1.82, 2.24) is 5.32 Å². The molecule has 2 rings (SSSR count). The second kappa shape index (κ2) is 8.59. The average Bonchev–Trinajstić information content (AvgIpc) is 2.56. The first kappa shape index (κ1) is 17.4. The van der Waals surface area contributed by atoms with Gasteiger partial charge in [0.2, 0.25) is 0 Å². The molecule has 3 heteroatoms. The number of nitrogens with one attached hydrogen (secondary N) is 1. The lowest BCUT2D eigenvalue weighted by molar-refractivity contribution is 0.217. The van der Waals surface area contributed by atoms with E-state index < -0.39 is 0 Å². The molecule has 2 aromatic rings. The Morgan fingerprint density at radius 3 is 2.04 bits per heavy atom. The van der Waals surface area contributed by atoms with Crippen LogP contribution in [-0.4, -0.2) is 19.8 Å². The van der Waals surface area contributed by atoms with Crippen molar-refractivity contribution in [2.24, 2.45) is 0 Å². The monoisotopic (exact) mass is 313 g/mol. The summed E-state index contributed by atoms with van der Waals surface area (Å²) < 4.78 is 11.1. The molecule has 23 heavy (non-hydrogen) atoms. The van der Waals surface area contributed by atoms with Gasteiger partial charge in [-0.2, -0.15) is 0 Å². The summed E-state index contributed by atoms with van der Waals surface area (Å²) in [6.45, 7) is 8.10. The molecule has 2 aromatic carbocycles. The zero-order valence-electron chi connectivity index (χ0n) is 14.5. The van der Waals surface area contributed by atoms with Crippen molar-refractivity contribution in [3.63, 3.8) is 0 Å². The van der Waals surface area contributed by atoms with Gasteiger partial charge in [0, 0.05) is 13.1 Å². The molecule has 0 saturated heterocycles. The fourth-order valence-electron chi connectivity index (χ4n) is 2.37. The van der Waals surface area contributed by atoms with E-state index in [4.69, 9.17) is 9.47 Å². The van der Waals surface area contributed by atoms with Crippen LogP contribution in [0.1, 0.15) is 37.8 Å². The first-order valence-corrected chi connectivity index (χ1v) is 8.18. The van der Waals surface area contributed by atoms with Crippen molar-refractivity contribution in [2.45, 2.75) is 39.3 Å². The highest BCUT2D eigenvalue weighted by Gasteiger charge is 2.05. The van der Waals surface area contributed by atoms with Crippen LogP contribution in [0.5, 0.6) is 11.5 Å². The fourth-order valence-corrected chi connectivity index (χ4v) is 2.37. The van der Waals surface area contributed by atoms with Gasteiger partial charge in [0.05, 0.1) is 7.11 Å². The molecule has 0 saturated carbocycles. The molecule has 0 amide bonds. The van der Waals surface area contributed by atoms with Crippen molar-refractivity contribution in [3.05, 3.63) is 59.7 Å². The summed E-state index contributed by atoms with van der Waals surface area (Å²) in [6.07, 6.45) is 0.123. The van der Waals surface area contributed by atoms with Gasteiger partial charge in [-0.15, -0.1) is 0 Å². The number of methoxy groups -OCH3 is 1. The predicted molar refractivity (Wildman–Crippen MR) is 95.3 cm³/mol. The summed E-state index contributed by atoms with van der Waals surface area (Å²) in [5.74, 6) is 2.36. The van der Waals surface area contributed by atoms with Crippen LogP contribution in [-0.2, 0) is 6.54 Å². The maximum Gasteiger partial charge on any atom is 0.119 e. The zero-order valence-corrected chi connectivity index (χ0v) is 14.5. The van der Waals surface area contributed by atoms with Crippen molar-refractivity contribution in [1.29, 1.82) is 0 Å². The Morgan fingerprint density at radius 2 is 1.48 bits per heavy atom. The van der Waals surface area contributed by atoms with Gasteiger partial charge in [0.25, 0.3) is 0 Å². The largest absolute Gasteiger partial charge is 0.497 e. The highest BCUT2D eigenvalue weighted by atomic mass is 16.5. The van der Waals surface area contributed by atoms with Crippen LogP contribution in [0.25, 0.3) is 0 Å². The summed E-state index contributed by atoms with van der Waals surface area (Å²) in [4.78, 5) is 0. The topological polar surface area (TPSA) is 30.5 Å². The SMILES string of the molecule is COc1ccc(CNCC(C)Oc2ccc(C(C)C)cc2)cc1. The maximum atomic E-state index is 5.94. The van der Waals surface area contributed by atoms with Crippen molar-refractivity contribution < 1.29 is 9.47 Å². The normalized spacial score (nSPS) is 12.2. The number of rotatable bonds is 8. The standard InChI is InChI=1S/C20H27NO2/c1-15(2)18-7-11-20(12-8-18)23-16(3)13-21-14-17-5-9-19(22-4)10-6-17/h5-12,15-16,21H,13-14H2,1-4H3. The van der Waals surface area contributed by atoms with Gasteiger partial charge in [-0.1, -0.05) is 38.1 Å². The molecular weight excluding hydrogens is 286 g/mol. The number of ether oxygens (including phenoxy) is 2. The van der Waals surface area contributed by atoms with Crippen LogP contribution in [0, 0.1) is 0 Å². The van der Waals surface area contributed by atoms with Crippen LogP contribution >= 0.6 is 0 Å². The minimum Gasteiger partial charge on any atom is -0.497 e. The van der Waals surface area contributed by atoms with E-state index >= 15 is 0 Å². The van der Waals surface area contributed by atoms with E-state index in [1.54, 1.807) is 7.11 Å². The first-order valence-electron chi connectivity index (χ1n) is 8.18. The molecule has 0 radical (unpaired) electrons. The van der Waals surface area contributed by atoms with Crippen LogP contribution in [0.2, 0.25) is 0 Å². The lowest BCUT2D eigenvalue weighted by Crippen LogP contribution is -2.28. The first-order chi connectivity index (χ1) is 11.1. The van der Waals surface area contributed by atoms with Gasteiger partial charge < -0.3 is 14.8 Å². The van der Waals surface area contributed by atoms with Crippen molar-refractivity contribution in [2.75, 3.05) is 13.7 Å². The van der Waals surface area contributed by atoms with Gasteiger partial charge in [-0.3, -0.25) is 0 Å². The molecule has 124 valence electrons. The second-order valence-electron chi connectivity index (χ2n) is 6.13. The Labute approximate surface area is 139 Å². The van der Waals surface area contributed by atoms with E-state index in [0.29, 0.717) is 5.92 Å². The van der Waals surface area contributed by atoms with E-state index in [0.717, 1.165) is 24.6 Å². The van der Waals surface area contributed by atoms with Gasteiger partial charge in [-0.05, 0) is 48.2 Å². The third-order valence-corrected chi connectivity index (χ3v) is 3.80. The van der Waals surface area contributed by atoms with Crippen molar-refractivity contribution >= 4 is 0 Å². The maximum absolute atomic E-state index is 5.94. The lowest BCUT2D eigenvalue weighted by atomic mass is 10.0. The smallest absolute Gasteiger partial charge is 0.119 e. The van der Waals surface area contributed by atoms with Crippen LogP contribution < -0.4 is 14.8 Å². The summed E-state index contributed by atoms with van der Waals surface area (Å²) >= 11 is 0. The lowest BCUT2D eigenvalue weighted by Gasteiger charge is -2.16. The fraction of sp³-hybridized carbons (Fsp3) is 0.400. The summed E-state index contributed by atoms with van der Waals surface area (Å²) in [5, 5.41) is 3.42. The van der Waals surface area contributed by atoms with Crippen LogP contribution in [0.3, 0.4) is 0 Å².